The topological polar surface area (TPSA) is 71.9 Å². The van der Waals surface area contributed by atoms with Gasteiger partial charge in [-0.15, -0.1) is 13.2 Å². The van der Waals surface area contributed by atoms with Crippen molar-refractivity contribution in [1.29, 1.82) is 0 Å². The molecule has 1 aromatic carbocycles. The highest BCUT2D eigenvalue weighted by molar-refractivity contribution is 5.77. The number of imidazole rings is 1. The number of benzene rings is 1. The van der Waals surface area contributed by atoms with E-state index >= 15 is 0 Å². The van der Waals surface area contributed by atoms with Gasteiger partial charge in [-0.1, -0.05) is 31.0 Å². The predicted octanol–water partition coefficient (Wildman–Crippen LogP) is 4.27. The van der Waals surface area contributed by atoms with Crippen LogP contribution in [0.2, 0.25) is 0 Å². The Hall–Kier alpha value is -2.97. The number of aromatic nitrogens is 3. The first-order valence-corrected chi connectivity index (χ1v) is 9.55. The fourth-order valence-corrected chi connectivity index (χ4v) is 3.80. The summed E-state index contributed by atoms with van der Waals surface area (Å²) in [6.07, 6.45) is 1.64. The number of hydrogen-bond donors (Lipinski definition) is 2. The summed E-state index contributed by atoms with van der Waals surface area (Å²) in [4.78, 5) is 19.4. The second kappa shape index (κ2) is 7.81. The van der Waals surface area contributed by atoms with Crippen molar-refractivity contribution in [3.63, 3.8) is 0 Å². The van der Waals surface area contributed by atoms with E-state index in [0.29, 0.717) is 22.8 Å². The Morgan fingerprint density at radius 2 is 2.00 bits per heavy atom. The second-order valence-corrected chi connectivity index (χ2v) is 7.29. The lowest BCUT2D eigenvalue weighted by atomic mass is 10.1. The van der Waals surface area contributed by atoms with Gasteiger partial charge in [-0.25, -0.2) is 9.78 Å². The number of ether oxygens (including phenoxy) is 1. The first kappa shape index (κ1) is 19.4. The maximum Gasteiger partial charge on any atom is 0.573 e. The zero-order valence-electron chi connectivity index (χ0n) is 15.6. The molecule has 9 heteroatoms. The Morgan fingerprint density at radius 3 is 2.76 bits per heavy atom. The quantitative estimate of drug-likeness (QED) is 0.641. The molecule has 4 rings (SSSR count). The maximum atomic E-state index is 12.7. The van der Waals surface area contributed by atoms with Gasteiger partial charge in [0.2, 0.25) is 0 Å². The Balaban J connectivity index is 1.61. The number of hydrogen-bond acceptors (Lipinski definition) is 4. The molecule has 2 N–H and O–H groups in total. The van der Waals surface area contributed by atoms with Crippen molar-refractivity contribution in [3.05, 3.63) is 52.6 Å². The monoisotopic (exact) mass is 406 g/mol. The van der Waals surface area contributed by atoms with E-state index in [-0.39, 0.29) is 17.9 Å². The van der Waals surface area contributed by atoms with Crippen LogP contribution in [0.15, 0.2) is 41.3 Å². The number of nitrogens with zero attached hydrogens (tertiary/aromatic N) is 2. The first-order valence-electron chi connectivity index (χ1n) is 9.55. The molecule has 29 heavy (non-hydrogen) atoms. The van der Waals surface area contributed by atoms with Gasteiger partial charge < -0.3 is 15.0 Å². The molecule has 1 fully saturated rings. The molecular formula is C20H21F3N4O2. The fourth-order valence-electron chi connectivity index (χ4n) is 3.80. The Labute approximate surface area is 164 Å². The van der Waals surface area contributed by atoms with Gasteiger partial charge in [0, 0.05) is 18.2 Å². The molecule has 1 saturated carbocycles. The van der Waals surface area contributed by atoms with Crippen molar-refractivity contribution in [2.75, 3.05) is 11.9 Å². The van der Waals surface area contributed by atoms with Crippen LogP contribution in [-0.4, -0.2) is 27.4 Å². The number of alkyl halides is 3. The van der Waals surface area contributed by atoms with Crippen LogP contribution in [0.4, 0.5) is 19.0 Å². The molecule has 0 aliphatic heterocycles. The molecule has 0 bridgehead atoms. The predicted molar refractivity (Wildman–Crippen MR) is 103 cm³/mol. The fraction of sp³-hybridized carbons (Fsp3) is 0.400. The van der Waals surface area contributed by atoms with E-state index in [4.69, 9.17) is 0 Å². The van der Waals surface area contributed by atoms with Crippen LogP contribution in [0, 0.1) is 5.92 Å². The van der Waals surface area contributed by atoms with E-state index in [1.165, 1.54) is 48.4 Å². The highest BCUT2D eigenvalue weighted by atomic mass is 19.4. The molecule has 2 heterocycles. The highest BCUT2D eigenvalue weighted by Crippen LogP contribution is 2.28. The number of H-pyrrole nitrogens is 1. The van der Waals surface area contributed by atoms with E-state index in [2.05, 4.69) is 20.0 Å². The van der Waals surface area contributed by atoms with E-state index < -0.39 is 12.1 Å². The SMILES string of the molecule is O=c1[nH]c2cnc(NCC3CCCC3)cc2n1Cc1ccccc1OC(F)(F)F. The van der Waals surface area contributed by atoms with Gasteiger partial charge >= 0.3 is 12.1 Å². The average Bonchev–Trinajstić information content (AvgIpc) is 3.28. The second-order valence-electron chi connectivity index (χ2n) is 7.29. The van der Waals surface area contributed by atoms with Crippen LogP contribution in [-0.2, 0) is 6.54 Å². The van der Waals surface area contributed by atoms with Gasteiger partial charge in [-0.2, -0.15) is 0 Å². The van der Waals surface area contributed by atoms with Gasteiger partial charge in [0.15, 0.2) is 0 Å². The average molecular weight is 406 g/mol. The first-order chi connectivity index (χ1) is 13.9. The third-order valence-electron chi connectivity index (χ3n) is 5.23. The summed E-state index contributed by atoms with van der Waals surface area (Å²) in [5, 5.41) is 3.31. The van der Waals surface area contributed by atoms with E-state index in [0.717, 1.165) is 6.54 Å². The molecule has 3 aromatic rings. The molecule has 1 aliphatic rings. The van der Waals surface area contributed by atoms with E-state index in [9.17, 15) is 18.0 Å². The summed E-state index contributed by atoms with van der Waals surface area (Å²) in [6.45, 7) is 0.757. The van der Waals surface area contributed by atoms with Crippen molar-refractivity contribution < 1.29 is 17.9 Å². The molecule has 0 spiro atoms. The highest BCUT2D eigenvalue weighted by Gasteiger charge is 2.32. The van der Waals surface area contributed by atoms with Crippen molar-refractivity contribution in [2.45, 2.75) is 38.6 Å². The molecule has 1 aliphatic carbocycles. The largest absolute Gasteiger partial charge is 0.573 e. The summed E-state index contributed by atoms with van der Waals surface area (Å²) in [6, 6.07) is 7.55. The Kier molecular flexibility index (Phi) is 5.21. The van der Waals surface area contributed by atoms with Gasteiger partial charge in [-0.05, 0) is 24.8 Å². The minimum Gasteiger partial charge on any atom is -0.405 e. The molecular weight excluding hydrogens is 385 g/mol. The molecule has 0 unspecified atom stereocenters. The standard InChI is InChI=1S/C20H21F3N4O2/c21-20(22,23)29-17-8-4-3-7-14(17)12-27-16-9-18(24-10-13-5-1-2-6-13)25-11-15(16)26-19(27)28/h3-4,7-9,11,13H,1-2,5-6,10,12H2,(H,24,25)(H,26,28). The number of anilines is 1. The molecule has 0 amide bonds. The summed E-state index contributed by atoms with van der Waals surface area (Å²) < 4.78 is 43.5. The maximum absolute atomic E-state index is 12.7. The zero-order chi connectivity index (χ0) is 20.4. The summed E-state index contributed by atoms with van der Waals surface area (Å²) >= 11 is 0. The third kappa shape index (κ3) is 4.55. The van der Waals surface area contributed by atoms with Crippen molar-refractivity contribution in [1.82, 2.24) is 14.5 Å². The van der Waals surface area contributed by atoms with Crippen molar-refractivity contribution >= 4 is 16.9 Å². The summed E-state index contributed by atoms with van der Waals surface area (Å²) in [7, 11) is 0. The Morgan fingerprint density at radius 1 is 1.24 bits per heavy atom. The third-order valence-corrected chi connectivity index (χ3v) is 5.23. The number of rotatable bonds is 6. The molecule has 0 saturated heterocycles. The van der Waals surface area contributed by atoms with Crippen LogP contribution in [0.1, 0.15) is 31.2 Å². The molecule has 0 atom stereocenters. The van der Waals surface area contributed by atoms with Gasteiger partial charge in [0.1, 0.15) is 11.6 Å². The molecule has 2 aromatic heterocycles. The van der Waals surface area contributed by atoms with Crippen LogP contribution in [0.25, 0.3) is 11.0 Å². The summed E-state index contributed by atoms with van der Waals surface area (Å²) in [5.41, 5.74) is 0.929. The number of fused-ring (bicyclic) bond motifs is 1. The van der Waals surface area contributed by atoms with Crippen LogP contribution in [0.5, 0.6) is 5.75 Å². The van der Waals surface area contributed by atoms with Crippen LogP contribution < -0.4 is 15.7 Å². The number of nitrogens with one attached hydrogen (secondary N) is 2. The Bertz CT molecular complexity index is 1050. The molecule has 0 radical (unpaired) electrons. The minimum atomic E-state index is -4.80. The number of aromatic amines is 1. The summed E-state index contributed by atoms with van der Waals surface area (Å²) in [5.74, 6) is 0.930. The van der Waals surface area contributed by atoms with Crippen LogP contribution in [0.3, 0.4) is 0 Å². The van der Waals surface area contributed by atoms with Gasteiger partial charge in [0.25, 0.3) is 0 Å². The smallest absolute Gasteiger partial charge is 0.405 e. The van der Waals surface area contributed by atoms with Crippen LogP contribution >= 0.6 is 0 Å². The zero-order valence-corrected chi connectivity index (χ0v) is 15.6. The van der Waals surface area contributed by atoms with Gasteiger partial charge in [-0.3, -0.25) is 4.57 Å². The van der Waals surface area contributed by atoms with E-state index in [1.54, 1.807) is 18.3 Å². The molecule has 154 valence electrons. The van der Waals surface area contributed by atoms with Gasteiger partial charge in [0.05, 0.1) is 23.8 Å². The van der Waals surface area contributed by atoms with E-state index in [1.807, 2.05) is 0 Å². The van der Waals surface area contributed by atoms with Crippen molar-refractivity contribution in [3.8, 4) is 5.75 Å². The lowest BCUT2D eigenvalue weighted by Gasteiger charge is -2.14. The number of pyridine rings is 1. The van der Waals surface area contributed by atoms with Crippen molar-refractivity contribution in [2.24, 2.45) is 5.92 Å². The molecule has 6 nitrogen and oxygen atoms in total. The lowest BCUT2D eigenvalue weighted by Crippen LogP contribution is -2.21. The number of para-hydroxylation sites is 1. The lowest BCUT2D eigenvalue weighted by molar-refractivity contribution is -0.274. The normalized spacial score (nSPS) is 15.1. The number of halogens is 3. The minimum absolute atomic E-state index is 0.0584.